The molecule has 1 amide bonds. The van der Waals surface area contributed by atoms with Gasteiger partial charge in [-0.05, 0) is 44.5 Å². The molecule has 2 bridgehead atoms. The first-order chi connectivity index (χ1) is 14.6. The van der Waals surface area contributed by atoms with Crippen molar-refractivity contribution in [2.75, 3.05) is 46.3 Å². The molecule has 0 spiro atoms. The molecule has 2 aromatic heterocycles. The molecule has 0 aromatic carbocycles. The number of nitrogens with zero attached hydrogens (tertiary/aromatic N) is 5. The van der Waals surface area contributed by atoms with E-state index >= 15 is 0 Å². The first-order valence-corrected chi connectivity index (χ1v) is 11.0. The predicted octanol–water partition coefficient (Wildman–Crippen LogP) is 0.968. The highest BCUT2D eigenvalue weighted by Crippen LogP contribution is 2.35. The van der Waals surface area contributed by atoms with E-state index in [0.717, 1.165) is 63.6 Å². The Morgan fingerprint density at radius 1 is 1.17 bits per heavy atom. The first kappa shape index (κ1) is 19.5. The number of hydrogen-bond donors (Lipinski definition) is 1. The molecule has 2 aromatic rings. The number of carbonyl (C=O) groups excluding carboxylic acids is 1. The number of H-pyrrole nitrogens is 1. The molecule has 0 saturated carbocycles. The van der Waals surface area contributed by atoms with Gasteiger partial charge in [-0.25, -0.2) is 4.98 Å². The van der Waals surface area contributed by atoms with E-state index in [-0.39, 0.29) is 11.5 Å². The number of likely N-dealkylation sites (tertiary alicyclic amines) is 1. The van der Waals surface area contributed by atoms with Crippen molar-refractivity contribution in [2.24, 2.45) is 5.92 Å². The van der Waals surface area contributed by atoms with Gasteiger partial charge in [-0.15, -0.1) is 0 Å². The monoisotopic (exact) mass is 410 g/mol. The molecule has 2 saturated heterocycles. The Hall–Kier alpha value is -2.45. The number of piperidine rings is 1. The van der Waals surface area contributed by atoms with Crippen molar-refractivity contribution in [3.05, 3.63) is 52.0 Å². The number of pyridine rings is 1. The largest absolute Gasteiger partial charge is 0.348 e. The standard InChI is InChI=1S/C22H30N6O2/c1-25-7-2-8-27(10-9-25)21(29)18-3-4-19-17-11-16(13-28(19)22(18)30)12-26(14-17)15-20-23-5-6-24-20/h3-6,16-17H,2,7-15H2,1H3,(H,23,24)/t16-,17+/m0/s1. The van der Waals surface area contributed by atoms with Gasteiger partial charge in [0.25, 0.3) is 11.5 Å². The molecule has 0 radical (unpaired) electrons. The van der Waals surface area contributed by atoms with Crippen LogP contribution in [0.2, 0.25) is 0 Å². The van der Waals surface area contributed by atoms with Gasteiger partial charge in [-0.1, -0.05) is 0 Å². The number of carbonyl (C=O) groups is 1. The average molecular weight is 411 g/mol. The van der Waals surface area contributed by atoms with Crippen LogP contribution in [-0.2, 0) is 13.1 Å². The molecular formula is C22H30N6O2. The molecule has 5 heterocycles. The zero-order valence-corrected chi connectivity index (χ0v) is 17.6. The van der Waals surface area contributed by atoms with Crippen LogP contribution < -0.4 is 5.56 Å². The second kappa shape index (κ2) is 8.00. The molecule has 0 unspecified atom stereocenters. The Kier molecular flexibility index (Phi) is 5.20. The van der Waals surface area contributed by atoms with Gasteiger partial charge in [0.15, 0.2) is 0 Å². The minimum absolute atomic E-state index is 0.107. The van der Waals surface area contributed by atoms with E-state index in [9.17, 15) is 9.59 Å². The van der Waals surface area contributed by atoms with Crippen LogP contribution in [0.15, 0.2) is 29.3 Å². The summed E-state index contributed by atoms with van der Waals surface area (Å²) < 4.78 is 1.89. The van der Waals surface area contributed by atoms with Gasteiger partial charge in [-0.2, -0.15) is 0 Å². The summed E-state index contributed by atoms with van der Waals surface area (Å²) >= 11 is 0. The van der Waals surface area contributed by atoms with Crippen molar-refractivity contribution in [3.63, 3.8) is 0 Å². The fourth-order valence-corrected chi connectivity index (χ4v) is 5.35. The molecule has 3 aliphatic rings. The highest BCUT2D eigenvalue weighted by molar-refractivity contribution is 5.94. The number of likely N-dealkylation sites (N-methyl/N-ethyl adjacent to an activating group) is 1. The number of nitrogens with one attached hydrogen (secondary N) is 1. The van der Waals surface area contributed by atoms with Gasteiger partial charge in [0.1, 0.15) is 11.4 Å². The number of hydrogen-bond acceptors (Lipinski definition) is 5. The third kappa shape index (κ3) is 3.70. The molecule has 0 aliphatic carbocycles. The summed E-state index contributed by atoms with van der Waals surface area (Å²) in [5.74, 6) is 1.63. The van der Waals surface area contributed by atoms with Gasteiger partial charge in [0, 0.05) is 63.3 Å². The summed E-state index contributed by atoms with van der Waals surface area (Å²) in [5.41, 5.74) is 1.30. The second-order valence-electron chi connectivity index (χ2n) is 9.07. The molecule has 2 atom stereocenters. The summed E-state index contributed by atoms with van der Waals surface area (Å²) in [6.45, 7) is 6.63. The van der Waals surface area contributed by atoms with Crippen LogP contribution in [-0.4, -0.2) is 81.5 Å². The van der Waals surface area contributed by atoms with E-state index in [2.05, 4.69) is 26.8 Å². The van der Waals surface area contributed by atoms with E-state index in [1.807, 2.05) is 21.7 Å². The molecule has 5 rings (SSSR count). The Morgan fingerprint density at radius 2 is 2.07 bits per heavy atom. The Labute approximate surface area is 176 Å². The number of imidazole rings is 1. The minimum Gasteiger partial charge on any atom is -0.348 e. The fraction of sp³-hybridized carbons (Fsp3) is 0.591. The quantitative estimate of drug-likeness (QED) is 0.816. The lowest BCUT2D eigenvalue weighted by atomic mass is 9.83. The van der Waals surface area contributed by atoms with Crippen LogP contribution in [0, 0.1) is 5.92 Å². The van der Waals surface area contributed by atoms with Gasteiger partial charge < -0.3 is 19.4 Å². The smallest absolute Gasteiger partial charge is 0.263 e. The van der Waals surface area contributed by atoms with Gasteiger partial charge in [-0.3, -0.25) is 14.5 Å². The van der Waals surface area contributed by atoms with Crippen molar-refractivity contribution in [3.8, 4) is 0 Å². The van der Waals surface area contributed by atoms with Crippen LogP contribution >= 0.6 is 0 Å². The predicted molar refractivity (Wildman–Crippen MR) is 113 cm³/mol. The Morgan fingerprint density at radius 3 is 2.90 bits per heavy atom. The summed E-state index contributed by atoms with van der Waals surface area (Å²) in [6, 6.07) is 3.80. The normalized spacial score (nSPS) is 25.0. The Bertz CT molecular complexity index is 969. The highest BCUT2D eigenvalue weighted by Gasteiger charge is 2.36. The van der Waals surface area contributed by atoms with E-state index in [1.54, 1.807) is 12.3 Å². The van der Waals surface area contributed by atoms with Crippen molar-refractivity contribution in [1.29, 1.82) is 0 Å². The number of amides is 1. The molecule has 160 valence electrons. The SMILES string of the molecule is CN1CCCN(C(=O)c2ccc3n(c2=O)C[C@H]2C[C@@H]3CN(Cc3ncc[nH]3)C2)CC1. The van der Waals surface area contributed by atoms with Crippen LogP contribution in [0.5, 0.6) is 0 Å². The average Bonchev–Trinajstić information content (AvgIpc) is 3.14. The van der Waals surface area contributed by atoms with Crippen molar-refractivity contribution in [2.45, 2.75) is 31.8 Å². The maximum absolute atomic E-state index is 13.3. The number of rotatable bonds is 3. The summed E-state index contributed by atoms with van der Waals surface area (Å²) in [6.07, 6.45) is 5.70. The molecule has 3 aliphatic heterocycles. The van der Waals surface area contributed by atoms with Gasteiger partial charge in [0.2, 0.25) is 0 Å². The molecule has 1 N–H and O–H groups in total. The summed E-state index contributed by atoms with van der Waals surface area (Å²) in [7, 11) is 2.08. The van der Waals surface area contributed by atoms with Gasteiger partial charge in [0.05, 0.1) is 6.54 Å². The first-order valence-electron chi connectivity index (χ1n) is 11.0. The summed E-state index contributed by atoms with van der Waals surface area (Å²) in [5, 5.41) is 0. The van der Waals surface area contributed by atoms with E-state index in [4.69, 9.17) is 0 Å². The van der Waals surface area contributed by atoms with E-state index in [0.29, 0.717) is 30.5 Å². The zero-order chi connectivity index (χ0) is 20.7. The van der Waals surface area contributed by atoms with E-state index in [1.165, 1.54) is 0 Å². The lowest BCUT2D eigenvalue weighted by Gasteiger charge is -2.42. The number of aromatic nitrogens is 3. The van der Waals surface area contributed by atoms with Gasteiger partial charge >= 0.3 is 0 Å². The van der Waals surface area contributed by atoms with Crippen molar-refractivity contribution < 1.29 is 4.79 Å². The maximum Gasteiger partial charge on any atom is 0.263 e. The van der Waals surface area contributed by atoms with E-state index < -0.39 is 0 Å². The van der Waals surface area contributed by atoms with Crippen LogP contribution in [0.25, 0.3) is 0 Å². The van der Waals surface area contributed by atoms with Crippen LogP contribution in [0.4, 0.5) is 0 Å². The molecule has 30 heavy (non-hydrogen) atoms. The molecule has 8 nitrogen and oxygen atoms in total. The maximum atomic E-state index is 13.3. The van der Waals surface area contributed by atoms with Crippen molar-refractivity contribution in [1.82, 2.24) is 29.2 Å². The lowest BCUT2D eigenvalue weighted by Crippen LogP contribution is -2.48. The molecule has 8 heteroatoms. The van der Waals surface area contributed by atoms with Crippen molar-refractivity contribution >= 4 is 5.91 Å². The fourth-order valence-electron chi connectivity index (χ4n) is 5.35. The van der Waals surface area contributed by atoms with Crippen LogP contribution in [0.1, 0.15) is 40.6 Å². The zero-order valence-electron chi connectivity index (χ0n) is 17.6. The van der Waals surface area contributed by atoms with Crippen LogP contribution in [0.3, 0.4) is 0 Å². The minimum atomic E-state index is -0.110. The Balaban J connectivity index is 1.37. The lowest BCUT2D eigenvalue weighted by molar-refractivity contribution is 0.0757. The molecule has 2 fully saturated rings. The number of fused-ring (bicyclic) bond motifs is 4. The topological polar surface area (TPSA) is 77.5 Å². The number of aromatic amines is 1. The third-order valence-electron chi connectivity index (χ3n) is 6.85. The summed E-state index contributed by atoms with van der Waals surface area (Å²) in [4.78, 5) is 40.5. The molecular weight excluding hydrogens is 380 g/mol. The highest BCUT2D eigenvalue weighted by atomic mass is 16.2. The third-order valence-corrected chi connectivity index (χ3v) is 6.85. The second-order valence-corrected chi connectivity index (χ2v) is 9.07.